The predicted molar refractivity (Wildman–Crippen MR) is 101 cm³/mol. The van der Waals surface area contributed by atoms with E-state index in [2.05, 4.69) is 48.0 Å². The Morgan fingerprint density at radius 3 is 2.52 bits per heavy atom. The highest BCUT2D eigenvalue weighted by Crippen LogP contribution is 2.52. The smallest absolute Gasteiger partial charge is 0.0980 e. The Kier molecular flexibility index (Phi) is 4.02. The molecule has 1 aromatic heterocycles. The highest BCUT2D eigenvalue weighted by Gasteiger charge is 2.49. The fourth-order valence-corrected chi connectivity index (χ4v) is 4.65. The largest absolute Gasteiger partial charge is 0.370 e. The number of halogens is 1. The van der Waals surface area contributed by atoms with Crippen LogP contribution in [0, 0.1) is 0 Å². The summed E-state index contributed by atoms with van der Waals surface area (Å²) in [7, 11) is 0. The number of aromatic nitrogens is 1. The standard InChI is InChI=1S/C20H24ClN3O/c1-19(2)14-5-3-4-6-15(14)20(25-19)8-11-24(12-9-20)17-7-10-23-16(13-22)18(17)21/h3-7,10H,8-9,11-13,22H2,1-2H3. The third kappa shape index (κ3) is 2.64. The lowest BCUT2D eigenvalue weighted by Gasteiger charge is -2.41. The number of ether oxygens (including phenoxy) is 1. The number of benzene rings is 1. The Balaban J connectivity index is 1.61. The van der Waals surface area contributed by atoms with E-state index in [1.165, 1.54) is 11.1 Å². The molecule has 0 amide bonds. The Morgan fingerprint density at radius 1 is 1.16 bits per heavy atom. The number of nitrogens with two attached hydrogens (primary N) is 1. The summed E-state index contributed by atoms with van der Waals surface area (Å²) in [4.78, 5) is 6.59. The number of piperidine rings is 1. The van der Waals surface area contributed by atoms with E-state index >= 15 is 0 Å². The van der Waals surface area contributed by atoms with Crippen molar-refractivity contribution in [2.75, 3.05) is 18.0 Å². The zero-order valence-electron chi connectivity index (χ0n) is 14.8. The quantitative estimate of drug-likeness (QED) is 0.884. The van der Waals surface area contributed by atoms with E-state index in [0.717, 1.165) is 37.3 Å². The van der Waals surface area contributed by atoms with E-state index in [9.17, 15) is 0 Å². The van der Waals surface area contributed by atoms with Crippen molar-refractivity contribution in [1.29, 1.82) is 0 Å². The number of nitrogens with zero attached hydrogens (tertiary/aromatic N) is 2. The molecule has 1 saturated heterocycles. The molecule has 0 saturated carbocycles. The molecule has 0 bridgehead atoms. The van der Waals surface area contributed by atoms with Crippen LogP contribution < -0.4 is 10.6 Å². The second-order valence-corrected chi connectivity index (χ2v) is 7.81. The molecular formula is C20H24ClN3O. The maximum absolute atomic E-state index is 6.62. The Hall–Kier alpha value is -1.62. The molecule has 2 aliphatic rings. The third-order valence-electron chi connectivity index (χ3n) is 5.56. The predicted octanol–water partition coefficient (Wildman–Crippen LogP) is 3.95. The fraction of sp³-hybridized carbons (Fsp3) is 0.450. The Morgan fingerprint density at radius 2 is 1.84 bits per heavy atom. The minimum Gasteiger partial charge on any atom is -0.370 e. The van der Waals surface area contributed by atoms with Crippen LogP contribution in [-0.4, -0.2) is 18.1 Å². The molecule has 25 heavy (non-hydrogen) atoms. The summed E-state index contributed by atoms with van der Waals surface area (Å²) in [5, 5.41) is 0.675. The summed E-state index contributed by atoms with van der Waals surface area (Å²) in [5.74, 6) is 0. The van der Waals surface area contributed by atoms with E-state index in [1.54, 1.807) is 6.20 Å². The number of rotatable bonds is 2. The molecule has 0 aliphatic carbocycles. The van der Waals surface area contributed by atoms with E-state index in [-0.39, 0.29) is 11.2 Å². The molecule has 1 fully saturated rings. The first-order chi connectivity index (χ1) is 12.0. The molecule has 0 unspecified atom stereocenters. The van der Waals surface area contributed by atoms with Crippen LogP contribution in [0.5, 0.6) is 0 Å². The van der Waals surface area contributed by atoms with Gasteiger partial charge in [0.05, 0.1) is 27.6 Å². The van der Waals surface area contributed by atoms with Gasteiger partial charge in [0.2, 0.25) is 0 Å². The summed E-state index contributed by atoms with van der Waals surface area (Å²) in [6.45, 7) is 6.49. The first-order valence-corrected chi connectivity index (χ1v) is 9.23. The van der Waals surface area contributed by atoms with Gasteiger partial charge in [0.15, 0.2) is 0 Å². The molecule has 132 valence electrons. The van der Waals surface area contributed by atoms with E-state index < -0.39 is 0 Å². The summed E-state index contributed by atoms with van der Waals surface area (Å²) < 4.78 is 6.62. The first-order valence-electron chi connectivity index (χ1n) is 8.85. The molecule has 2 aliphatic heterocycles. The van der Waals surface area contributed by atoms with Gasteiger partial charge >= 0.3 is 0 Å². The number of fused-ring (bicyclic) bond motifs is 2. The average molecular weight is 358 g/mol. The van der Waals surface area contributed by atoms with Crippen molar-refractivity contribution < 1.29 is 4.74 Å². The molecule has 0 radical (unpaired) electrons. The molecule has 2 aromatic rings. The summed E-state index contributed by atoms with van der Waals surface area (Å²) in [6, 6.07) is 10.6. The molecule has 1 spiro atoms. The molecule has 4 rings (SSSR count). The van der Waals surface area contributed by atoms with Gasteiger partial charge in [-0.25, -0.2) is 0 Å². The second-order valence-electron chi connectivity index (χ2n) is 7.43. The van der Waals surface area contributed by atoms with Crippen molar-refractivity contribution in [1.82, 2.24) is 4.98 Å². The number of hydrogen-bond acceptors (Lipinski definition) is 4. The van der Waals surface area contributed by atoms with Crippen molar-refractivity contribution in [3.8, 4) is 0 Å². The highest BCUT2D eigenvalue weighted by atomic mass is 35.5. The normalized spacial score (nSPS) is 20.7. The SMILES string of the molecule is CC1(C)OC2(CCN(c3ccnc(CN)c3Cl)CC2)c2ccccc21. The van der Waals surface area contributed by atoms with Gasteiger partial charge < -0.3 is 15.4 Å². The molecule has 2 N–H and O–H groups in total. The zero-order valence-corrected chi connectivity index (χ0v) is 15.5. The van der Waals surface area contributed by atoms with Gasteiger partial charge in [0.1, 0.15) is 0 Å². The Labute approximate surface area is 153 Å². The van der Waals surface area contributed by atoms with Crippen molar-refractivity contribution in [2.24, 2.45) is 5.73 Å². The van der Waals surface area contributed by atoms with Gasteiger partial charge in [-0.1, -0.05) is 35.9 Å². The van der Waals surface area contributed by atoms with Gasteiger partial charge in [0, 0.05) is 25.8 Å². The van der Waals surface area contributed by atoms with Crippen LogP contribution in [-0.2, 0) is 22.5 Å². The van der Waals surface area contributed by atoms with E-state index in [1.807, 2.05) is 6.07 Å². The van der Waals surface area contributed by atoms with Gasteiger partial charge in [-0.3, -0.25) is 4.98 Å². The van der Waals surface area contributed by atoms with Crippen molar-refractivity contribution in [3.05, 3.63) is 58.4 Å². The second kappa shape index (κ2) is 5.97. The van der Waals surface area contributed by atoms with Crippen LogP contribution in [0.25, 0.3) is 0 Å². The lowest BCUT2D eigenvalue weighted by atomic mass is 9.82. The van der Waals surface area contributed by atoms with Crippen molar-refractivity contribution in [3.63, 3.8) is 0 Å². The van der Waals surface area contributed by atoms with Gasteiger partial charge in [-0.15, -0.1) is 0 Å². The van der Waals surface area contributed by atoms with Crippen LogP contribution >= 0.6 is 11.6 Å². The molecule has 1 aromatic carbocycles. The van der Waals surface area contributed by atoms with Gasteiger partial charge in [-0.05, 0) is 43.9 Å². The number of pyridine rings is 1. The minimum absolute atomic E-state index is 0.188. The molecular weight excluding hydrogens is 334 g/mol. The van der Waals surface area contributed by atoms with Crippen LogP contribution in [0.4, 0.5) is 5.69 Å². The topological polar surface area (TPSA) is 51.4 Å². The van der Waals surface area contributed by atoms with Gasteiger partial charge in [-0.2, -0.15) is 0 Å². The Bertz CT molecular complexity index is 797. The molecule has 3 heterocycles. The van der Waals surface area contributed by atoms with Crippen molar-refractivity contribution >= 4 is 17.3 Å². The molecule has 4 nitrogen and oxygen atoms in total. The van der Waals surface area contributed by atoms with Crippen LogP contribution in [0.1, 0.15) is 43.5 Å². The lowest BCUT2D eigenvalue weighted by Crippen LogP contribution is -2.43. The van der Waals surface area contributed by atoms with Crippen LogP contribution in [0.2, 0.25) is 5.02 Å². The third-order valence-corrected chi connectivity index (χ3v) is 5.98. The van der Waals surface area contributed by atoms with E-state index in [0.29, 0.717) is 11.6 Å². The summed E-state index contributed by atoms with van der Waals surface area (Å²) in [5.41, 5.74) is 9.76. The monoisotopic (exact) mass is 357 g/mol. The maximum Gasteiger partial charge on any atom is 0.0980 e. The first kappa shape index (κ1) is 16.8. The minimum atomic E-state index is -0.236. The van der Waals surface area contributed by atoms with Crippen molar-refractivity contribution in [2.45, 2.75) is 44.4 Å². The van der Waals surface area contributed by atoms with Crippen LogP contribution in [0.3, 0.4) is 0 Å². The summed E-state index contributed by atoms with van der Waals surface area (Å²) in [6.07, 6.45) is 3.69. The lowest BCUT2D eigenvalue weighted by molar-refractivity contribution is -0.136. The highest BCUT2D eigenvalue weighted by molar-refractivity contribution is 6.33. The average Bonchev–Trinajstić information content (AvgIpc) is 2.84. The molecule has 5 heteroatoms. The van der Waals surface area contributed by atoms with Crippen LogP contribution in [0.15, 0.2) is 36.5 Å². The number of hydrogen-bond donors (Lipinski definition) is 1. The summed E-state index contributed by atoms with van der Waals surface area (Å²) >= 11 is 6.50. The number of anilines is 1. The van der Waals surface area contributed by atoms with E-state index in [4.69, 9.17) is 22.1 Å². The fourth-order valence-electron chi connectivity index (χ4n) is 4.35. The molecule has 0 atom stereocenters. The maximum atomic E-state index is 6.62. The van der Waals surface area contributed by atoms with Gasteiger partial charge in [0.25, 0.3) is 0 Å². The zero-order chi connectivity index (χ0) is 17.7.